The zero-order valence-electron chi connectivity index (χ0n) is 8.84. The Morgan fingerprint density at radius 3 is 3.00 bits per heavy atom. The standard InChI is InChI=1S/C11H12N4O/c1-8(9-3-2-4-12-5-9)15-11(16)10-6-13-14-7-10/h2-8H,1H3,(H,13,14)(H,15,16). The molecule has 0 fully saturated rings. The third kappa shape index (κ3) is 2.25. The number of aromatic nitrogens is 3. The lowest BCUT2D eigenvalue weighted by molar-refractivity contribution is 0.0940. The molecule has 2 rings (SSSR count). The number of hydrogen-bond acceptors (Lipinski definition) is 3. The minimum absolute atomic E-state index is 0.0731. The van der Waals surface area contributed by atoms with Crippen LogP contribution in [-0.2, 0) is 0 Å². The maximum Gasteiger partial charge on any atom is 0.254 e. The van der Waals surface area contributed by atoms with Crippen molar-refractivity contribution in [2.45, 2.75) is 13.0 Å². The molecule has 2 aromatic rings. The first-order valence-corrected chi connectivity index (χ1v) is 4.97. The van der Waals surface area contributed by atoms with E-state index in [0.717, 1.165) is 5.56 Å². The normalized spacial score (nSPS) is 12.1. The zero-order chi connectivity index (χ0) is 11.4. The molecule has 1 amide bonds. The molecule has 0 aliphatic rings. The number of H-pyrrole nitrogens is 1. The van der Waals surface area contributed by atoms with E-state index in [2.05, 4.69) is 20.5 Å². The fourth-order valence-electron chi connectivity index (χ4n) is 1.37. The molecule has 0 saturated heterocycles. The first-order valence-electron chi connectivity index (χ1n) is 4.97. The van der Waals surface area contributed by atoms with Crippen LogP contribution < -0.4 is 5.32 Å². The molecule has 2 aromatic heterocycles. The molecule has 2 N–H and O–H groups in total. The van der Waals surface area contributed by atoms with Gasteiger partial charge in [-0.05, 0) is 18.6 Å². The molecule has 0 bridgehead atoms. The number of aromatic amines is 1. The molecular formula is C11H12N4O. The van der Waals surface area contributed by atoms with Crippen LogP contribution in [0.3, 0.4) is 0 Å². The Balaban J connectivity index is 2.03. The summed E-state index contributed by atoms with van der Waals surface area (Å²) in [6.07, 6.45) is 6.49. The molecule has 0 aliphatic heterocycles. The molecule has 5 heteroatoms. The van der Waals surface area contributed by atoms with E-state index in [4.69, 9.17) is 0 Å². The molecule has 1 unspecified atom stereocenters. The fourth-order valence-corrected chi connectivity index (χ4v) is 1.37. The minimum Gasteiger partial charge on any atom is -0.345 e. The number of carbonyl (C=O) groups excluding carboxylic acids is 1. The maximum absolute atomic E-state index is 11.7. The van der Waals surface area contributed by atoms with Gasteiger partial charge in [0.05, 0.1) is 17.8 Å². The molecule has 0 radical (unpaired) electrons. The Bertz CT molecular complexity index is 452. The summed E-state index contributed by atoms with van der Waals surface area (Å²) < 4.78 is 0. The van der Waals surface area contributed by atoms with E-state index in [-0.39, 0.29) is 11.9 Å². The Kier molecular flexibility index (Phi) is 2.95. The summed E-state index contributed by atoms with van der Waals surface area (Å²) in [6.45, 7) is 1.91. The van der Waals surface area contributed by atoms with E-state index < -0.39 is 0 Å². The van der Waals surface area contributed by atoms with Crippen molar-refractivity contribution in [1.29, 1.82) is 0 Å². The first kappa shape index (κ1) is 10.4. The molecule has 0 aliphatic carbocycles. The third-order valence-electron chi connectivity index (χ3n) is 2.29. The van der Waals surface area contributed by atoms with Crippen molar-refractivity contribution in [3.8, 4) is 0 Å². The van der Waals surface area contributed by atoms with Crippen molar-refractivity contribution in [3.63, 3.8) is 0 Å². The van der Waals surface area contributed by atoms with Crippen LogP contribution in [0.25, 0.3) is 0 Å². The summed E-state index contributed by atoms with van der Waals surface area (Å²) in [5.74, 6) is -0.148. The molecule has 82 valence electrons. The van der Waals surface area contributed by atoms with Crippen molar-refractivity contribution in [2.75, 3.05) is 0 Å². The molecule has 2 heterocycles. The van der Waals surface area contributed by atoms with Crippen LogP contribution >= 0.6 is 0 Å². The van der Waals surface area contributed by atoms with Crippen molar-refractivity contribution < 1.29 is 4.79 Å². The van der Waals surface area contributed by atoms with Gasteiger partial charge in [0.2, 0.25) is 0 Å². The quantitative estimate of drug-likeness (QED) is 0.812. The number of pyridine rings is 1. The van der Waals surface area contributed by atoms with Crippen molar-refractivity contribution >= 4 is 5.91 Å². The Morgan fingerprint density at radius 1 is 1.50 bits per heavy atom. The number of amides is 1. The summed E-state index contributed by atoms with van der Waals surface area (Å²) in [4.78, 5) is 15.7. The number of nitrogens with zero attached hydrogens (tertiary/aromatic N) is 2. The third-order valence-corrected chi connectivity index (χ3v) is 2.29. The average Bonchev–Trinajstić information content (AvgIpc) is 2.83. The van der Waals surface area contributed by atoms with Gasteiger partial charge in [0.25, 0.3) is 5.91 Å². The second-order valence-corrected chi connectivity index (χ2v) is 3.47. The van der Waals surface area contributed by atoms with Crippen LogP contribution in [0, 0.1) is 0 Å². The van der Waals surface area contributed by atoms with Gasteiger partial charge in [-0.25, -0.2) is 0 Å². The van der Waals surface area contributed by atoms with E-state index in [0.29, 0.717) is 5.56 Å². The highest BCUT2D eigenvalue weighted by Crippen LogP contribution is 2.10. The van der Waals surface area contributed by atoms with Crippen LogP contribution in [0.4, 0.5) is 0 Å². The highest BCUT2D eigenvalue weighted by molar-refractivity contribution is 5.93. The topological polar surface area (TPSA) is 70.7 Å². The van der Waals surface area contributed by atoms with Crippen molar-refractivity contribution in [1.82, 2.24) is 20.5 Å². The maximum atomic E-state index is 11.7. The van der Waals surface area contributed by atoms with Gasteiger partial charge in [-0.15, -0.1) is 0 Å². The predicted molar refractivity (Wildman–Crippen MR) is 58.7 cm³/mol. The van der Waals surface area contributed by atoms with Gasteiger partial charge < -0.3 is 5.32 Å². The largest absolute Gasteiger partial charge is 0.345 e. The van der Waals surface area contributed by atoms with E-state index in [1.165, 1.54) is 6.20 Å². The van der Waals surface area contributed by atoms with Crippen LogP contribution in [0.2, 0.25) is 0 Å². The van der Waals surface area contributed by atoms with Gasteiger partial charge in [-0.3, -0.25) is 14.9 Å². The van der Waals surface area contributed by atoms with E-state index >= 15 is 0 Å². The van der Waals surface area contributed by atoms with Gasteiger partial charge in [0, 0.05) is 18.6 Å². The lowest BCUT2D eigenvalue weighted by Gasteiger charge is -2.12. The summed E-state index contributed by atoms with van der Waals surface area (Å²) in [6, 6.07) is 3.69. The monoisotopic (exact) mass is 216 g/mol. The fraction of sp³-hybridized carbons (Fsp3) is 0.182. The molecule has 1 atom stereocenters. The van der Waals surface area contributed by atoms with Crippen LogP contribution in [0.1, 0.15) is 28.9 Å². The predicted octanol–water partition coefficient (Wildman–Crippen LogP) is 1.30. The second-order valence-electron chi connectivity index (χ2n) is 3.47. The molecule has 0 aromatic carbocycles. The van der Waals surface area contributed by atoms with Crippen molar-refractivity contribution in [3.05, 3.63) is 48.0 Å². The van der Waals surface area contributed by atoms with Gasteiger partial charge in [0.15, 0.2) is 0 Å². The number of carbonyl (C=O) groups is 1. The van der Waals surface area contributed by atoms with E-state index in [1.54, 1.807) is 18.6 Å². The Morgan fingerprint density at radius 2 is 2.38 bits per heavy atom. The van der Waals surface area contributed by atoms with Crippen molar-refractivity contribution in [2.24, 2.45) is 0 Å². The summed E-state index contributed by atoms with van der Waals surface area (Å²) in [7, 11) is 0. The molecular weight excluding hydrogens is 204 g/mol. The molecule has 0 saturated carbocycles. The van der Waals surface area contributed by atoms with E-state index in [1.807, 2.05) is 19.1 Å². The van der Waals surface area contributed by atoms with Gasteiger partial charge in [-0.1, -0.05) is 6.07 Å². The lowest BCUT2D eigenvalue weighted by Crippen LogP contribution is -2.26. The van der Waals surface area contributed by atoms with E-state index in [9.17, 15) is 4.79 Å². The second kappa shape index (κ2) is 4.57. The number of hydrogen-bond donors (Lipinski definition) is 2. The molecule has 5 nitrogen and oxygen atoms in total. The highest BCUT2D eigenvalue weighted by atomic mass is 16.1. The first-order chi connectivity index (χ1) is 7.77. The zero-order valence-corrected chi connectivity index (χ0v) is 8.84. The molecule has 16 heavy (non-hydrogen) atoms. The lowest BCUT2D eigenvalue weighted by atomic mass is 10.1. The Labute approximate surface area is 92.9 Å². The number of nitrogens with one attached hydrogen (secondary N) is 2. The Hall–Kier alpha value is -2.17. The summed E-state index contributed by atoms with van der Waals surface area (Å²) >= 11 is 0. The molecule has 0 spiro atoms. The summed E-state index contributed by atoms with van der Waals surface area (Å²) in [5.41, 5.74) is 1.50. The van der Waals surface area contributed by atoms with Crippen LogP contribution in [-0.4, -0.2) is 21.1 Å². The SMILES string of the molecule is CC(NC(=O)c1cn[nH]c1)c1cccnc1. The smallest absolute Gasteiger partial charge is 0.254 e. The van der Waals surface area contributed by atoms with Crippen LogP contribution in [0.5, 0.6) is 0 Å². The minimum atomic E-state index is -0.148. The van der Waals surface area contributed by atoms with Gasteiger partial charge >= 0.3 is 0 Å². The van der Waals surface area contributed by atoms with Gasteiger partial charge in [0.1, 0.15) is 0 Å². The highest BCUT2D eigenvalue weighted by Gasteiger charge is 2.11. The van der Waals surface area contributed by atoms with Crippen LogP contribution in [0.15, 0.2) is 36.9 Å². The number of rotatable bonds is 3. The summed E-state index contributed by atoms with van der Waals surface area (Å²) in [5, 5.41) is 9.19. The van der Waals surface area contributed by atoms with Gasteiger partial charge in [-0.2, -0.15) is 5.10 Å². The average molecular weight is 216 g/mol.